The van der Waals surface area contributed by atoms with E-state index >= 15 is 0 Å². The molecule has 5 saturated carbocycles. The normalized spacial score (nSPS) is 54.8. The van der Waals surface area contributed by atoms with Crippen LogP contribution in [-0.4, -0.2) is 22.3 Å². The van der Waals surface area contributed by atoms with Gasteiger partial charge in [0, 0.05) is 0 Å². The topological polar surface area (TPSA) is 57.5 Å². The van der Waals surface area contributed by atoms with Gasteiger partial charge < -0.3 is 10.2 Å². The van der Waals surface area contributed by atoms with E-state index in [1.54, 1.807) is 0 Å². The molecule has 5 aliphatic carbocycles. The number of aliphatic hydroxyl groups is 1. The van der Waals surface area contributed by atoms with E-state index in [1.165, 1.54) is 25.7 Å². The van der Waals surface area contributed by atoms with Gasteiger partial charge in [0.2, 0.25) is 0 Å². The average molecular weight is 459 g/mol. The van der Waals surface area contributed by atoms with Crippen LogP contribution in [0.5, 0.6) is 0 Å². The van der Waals surface area contributed by atoms with Gasteiger partial charge in [0.05, 0.1) is 11.5 Å². The third-order valence-electron chi connectivity index (χ3n) is 13.3. The molecule has 0 aliphatic heterocycles. The van der Waals surface area contributed by atoms with E-state index in [-0.39, 0.29) is 33.2 Å². The lowest BCUT2D eigenvalue weighted by molar-refractivity contribution is -0.253. The van der Waals surface area contributed by atoms with Crippen LogP contribution in [0.3, 0.4) is 0 Å². The van der Waals surface area contributed by atoms with Gasteiger partial charge >= 0.3 is 5.97 Å². The fraction of sp³-hybridized carbons (Fsp3) is 0.967. The van der Waals surface area contributed by atoms with Gasteiger partial charge in [-0.1, -0.05) is 48.5 Å². The highest BCUT2D eigenvalue weighted by Crippen LogP contribution is 2.77. The van der Waals surface area contributed by atoms with Crippen LogP contribution in [0.2, 0.25) is 0 Å². The van der Waals surface area contributed by atoms with Crippen molar-refractivity contribution in [1.82, 2.24) is 0 Å². The highest BCUT2D eigenvalue weighted by Gasteiger charge is 2.70. The van der Waals surface area contributed by atoms with Gasteiger partial charge in [-0.15, -0.1) is 0 Å². The van der Waals surface area contributed by atoms with Gasteiger partial charge in [-0.2, -0.15) is 0 Å². The zero-order valence-electron chi connectivity index (χ0n) is 22.5. The Morgan fingerprint density at radius 1 is 0.697 bits per heavy atom. The van der Waals surface area contributed by atoms with Gasteiger partial charge in [-0.05, 0) is 121 Å². The predicted molar refractivity (Wildman–Crippen MR) is 133 cm³/mol. The summed E-state index contributed by atoms with van der Waals surface area (Å²) in [5.41, 5.74) is 0.584. The van der Waals surface area contributed by atoms with Crippen LogP contribution in [0.4, 0.5) is 0 Å². The molecular formula is C30H50O3. The molecule has 0 spiro atoms. The second-order valence-electron chi connectivity index (χ2n) is 15.7. The number of aliphatic carboxylic acids is 1. The van der Waals surface area contributed by atoms with Gasteiger partial charge in [0.25, 0.3) is 0 Å². The standard InChI is InChI=1S/C30H50O3/c1-25(2)12-14-30(24(32)33)15-13-28(6)20(21(30)18-25)8-9-23-27(5)17-19(31)16-26(3,4)22(27)10-11-29(23,28)7/h19-23,31H,8-18H2,1-7H3,(H,32,33)/t19-,20?,21+,22+,23-,27+,28-,29-,30+/m1/s1. The molecule has 33 heavy (non-hydrogen) atoms. The molecule has 0 saturated heterocycles. The van der Waals surface area contributed by atoms with Crippen molar-refractivity contribution >= 4 is 5.97 Å². The van der Waals surface area contributed by atoms with E-state index < -0.39 is 11.4 Å². The zero-order valence-corrected chi connectivity index (χ0v) is 22.5. The number of fused-ring (bicyclic) bond motifs is 7. The summed E-state index contributed by atoms with van der Waals surface area (Å²) in [4.78, 5) is 12.8. The first-order valence-corrected chi connectivity index (χ1v) is 14.0. The maximum Gasteiger partial charge on any atom is 0.309 e. The van der Waals surface area contributed by atoms with Crippen LogP contribution in [0.25, 0.3) is 0 Å². The Balaban J connectivity index is 1.55. The highest BCUT2D eigenvalue weighted by molar-refractivity contribution is 5.75. The number of hydrogen-bond donors (Lipinski definition) is 2. The molecule has 5 rings (SSSR count). The summed E-state index contributed by atoms with van der Waals surface area (Å²) in [6.07, 6.45) is 11.6. The van der Waals surface area contributed by atoms with E-state index in [2.05, 4.69) is 48.5 Å². The van der Waals surface area contributed by atoms with Crippen LogP contribution in [0, 0.1) is 56.2 Å². The molecule has 9 atom stereocenters. The number of rotatable bonds is 1. The molecule has 2 N–H and O–H groups in total. The van der Waals surface area contributed by atoms with Crippen molar-refractivity contribution in [2.45, 2.75) is 125 Å². The fourth-order valence-electron chi connectivity index (χ4n) is 11.7. The Bertz CT molecular complexity index is 830. The molecule has 0 bridgehead atoms. The second kappa shape index (κ2) is 7.01. The van der Waals surface area contributed by atoms with Crippen LogP contribution in [-0.2, 0) is 4.79 Å². The lowest BCUT2D eigenvalue weighted by Gasteiger charge is -2.73. The predicted octanol–water partition coefficient (Wildman–Crippen LogP) is 7.31. The monoisotopic (exact) mass is 458 g/mol. The van der Waals surface area contributed by atoms with Crippen molar-refractivity contribution in [1.29, 1.82) is 0 Å². The SMILES string of the molecule is CC1(C)CC[C@]2(C(=O)O)CC[C@]3(C)C(CC[C@@H]4[C@@]5(C)C[C@H](O)CC(C)(C)[C@@H]5CC[C@]43C)[C@@H]2C1. The highest BCUT2D eigenvalue weighted by atomic mass is 16.4. The first-order valence-electron chi connectivity index (χ1n) is 14.0. The maximum absolute atomic E-state index is 12.8. The summed E-state index contributed by atoms with van der Waals surface area (Å²) in [7, 11) is 0. The average Bonchev–Trinajstić information content (AvgIpc) is 2.66. The Morgan fingerprint density at radius 2 is 1.36 bits per heavy atom. The van der Waals surface area contributed by atoms with Crippen molar-refractivity contribution < 1.29 is 15.0 Å². The summed E-state index contributed by atoms with van der Waals surface area (Å²) in [6, 6.07) is 0. The molecule has 0 aromatic heterocycles. The summed E-state index contributed by atoms with van der Waals surface area (Å²) >= 11 is 0. The van der Waals surface area contributed by atoms with Crippen molar-refractivity contribution in [3.63, 3.8) is 0 Å². The van der Waals surface area contributed by atoms with Crippen molar-refractivity contribution in [3.8, 4) is 0 Å². The summed E-state index contributed by atoms with van der Waals surface area (Å²) in [5.74, 6) is 1.64. The lowest BCUT2D eigenvalue weighted by atomic mass is 9.31. The summed E-state index contributed by atoms with van der Waals surface area (Å²) in [5, 5.41) is 21.5. The largest absolute Gasteiger partial charge is 0.481 e. The number of hydrogen-bond acceptors (Lipinski definition) is 2. The van der Waals surface area contributed by atoms with E-state index in [0.717, 1.165) is 44.9 Å². The molecule has 5 fully saturated rings. The zero-order chi connectivity index (χ0) is 24.2. The Labute approximate surface area is 202 Å². The van der Waals surface area contributed by atoms with Gasteiger partial charge in [-0.25, -0.2) is 0 Å². The minimum absolute atomic E-state index is 0.181. The lowest BCUT2D eigenvalue weighted by Crippen LogP contribution is -2.67. The van der Waals surface area contributed by atoms with Crippen LogP contribution in [0.1, 0.15) is 119 Å². The minimum atomic E-state index is -0.509. The van der Waals surface area contributed by atoms with Crippen molar-refractivity contribution in [2.24, 2.45) is 56.2 Å². The first kappa shape index (κ1) is 24.1. The number of aliphatic hydroxyl groups excluding tert-OH is 1. The number of carboxylic acid groups (broad SMARTS) is 1. The summed E-state index contributed by atoms with van der Waals surface area (Å²) in [6.45, 7) is 17.3. The van der Waals surface area contributed by atoms with E-state index in [1.807, 2.05) is 0 Å². The molecule has 0 aromatic rings. The van der Waals surface area contributed by atoms with E-state index in [4.69, 9.17) is 0 Å². The van der Waals surface area contributed by atoms with E-state index in [9.17, 15) is 15.0 Å². The molecule has 3 heteroatoms. The molecule has 1 unspecified atom stereocenters. The van der Waals surface area contributed by atoms with Crippen molar-refractivity contribution in [3.05, 3.63) is 0 Å². The molecule has 3 nitrogen and oxygen atoms in total. The molecule has 0 radical (unpaired) electrons. The molecule has 0 aromatic carbocycles. The molecular weight excluding hydrogens is 408 g/mol. The van der Waals surface area contributed by atoms with Crippen LogP contribution in [0.15, 0.2) is 0 Å². The fourth-order valence-corrected chi connectivity index (χ4v) is 11.7. The van der Waals surface area contributed by atoms with Crippen molar-refractivity contribution in [2.75, 3.05) is 0 Å². The Morgan fingerprint density at radius 3 is 2.03 bits per heavy atom. The Kier molecular flexibility index (Phi) is 5.13. The third kappa shape index (κ3) is 3.05. The molecule has 0 heterocycles. The third-order valence-corrected chi connectivity index (χ3v) is 13.3. The maximum atomic E-state index is 12.8. The second-order valence-corrected chi connectivity index (χ2v) is 15.7. The van der Waals surface area contributed by atoms with Gasteiger partial charge in [-0.3, -0.25) is 4.79 Å². The minimum Gasteiger partial charge on any atom is -0.481 e. The van der Waals surface area contributed by atoms with Crippen LogP contribution < -0.4 is 0 Å². The van der Waals surface area contributed by atoms with Crippen LogP contribution >= 0.6 is 0 Å². The Hall–Kier alpha value is -0.570. The number of carbonyl (C=O) groups is 1. The molecule has 5 aliphatic rings. The smallest absolute Gasteiger partial charge is 0.309 e. The van der Waals surface area contributed by atoms with Gasteiger partial charge in [0.1, 0.15) is 0 Å². The summed E-state index contributed by atoms with van der Waals surface area (Å²) < 4.78 is 0. The molecule has 188 valence electrons. The quantitative estimate of drug-likeness (QED) is 0.433. The van der Waals surface area contributed by atoms with Gasteiger partial charge in [0.15, 0.2) is 0 Å². The first-order chi connectivity index (χ1) is 15.1. The number of carboxylic acids is 1. The van der Waals surface area contributed by atoms with E-state index in [0.29, 0.717) is 23.7 Å². The molecule has 0 amide bonds.